The molecule has 1 unspecified atom stereocenters. The highest BCUT2D eigenvalue weighted by atomic mass is 16.3. The number of hydrogen-bond acceptors (Lipinski definition) is 3. The van der Waals surface area contributed by atoms with Crippen LogP contribution in [0.1, 0.15) is 25.7 Å². The highest BCUT2D eigenvalue weighted by Crippen LogP contribution is 2.17. The Kier molecular flexibility index (Phi) is 5.20. The van der Waals surface area contributed by atoms with Crippen molar-refractivity contribution in [3.63, 3.8) is 0 Å². The zero-order chi connectivity index (χ0) is 12.8. The summed E-state index contributed by atoms with van der Waals surface area (Å²) >= 11 is 0. The third-order valence-electron chi connectivity index (χ3n) is 3.97. The number of nitrogens with zero attached hydrogens (tertiary/aromatic N) is 1. The van der Waals surface area contributed by atoms with Crippen molar-refractivity contribution in [3.05, 3.63) is 12.2 Å². The Hall–Kier alpha value is -0.870. The van der Waals surface area contributed by atoms with Gasteiger partial charge in [-0.15, -0.1) is 0 Å². The molecule has 1 fully saturated rings. The maximum absolute atomic E-state index is 11.8. The van der Waals surface area contributed by atoms with Gasteiger partial charge in [-0.1, -0.05) is 12.2 Å². The van der Waals surface area contributed by atoms with Crippen LogP contribution >= 0.6 is 0 Å². The Morgan fingerprint density at radius 3 is 2.89 bits per heavy atom. The van der Waals surface area contributed by atoms with E-state index in [2.05, 4.69) is 22.4 Å². The summed E-state index contributed by atoms with van der Waals surface area (Å²) in [7, 11) is 0. The second-order valence-electron chi connectivity index (χ2n) is 5.42. The molecule has 2 rings (SSSR count). The lowest BCUT2D eigenvalue weighted by molar-refractivity contribution is -0.124. The van der Waals surface area contributed by atoms with Gasteiger partial charge in [0.1, 0.15) is 0 Å². The van der Waals surface area contributed by atoms with Gasteiger partial charge in [-0.3, -0.25) is 4.79 Å². The number of hydrogen-bond donors (Lipinski definition) is 2. The molecule has 1 heterocycles. The van der Waals surface area contributed by atoms with Gasteiger partial charge in [0.05, 0.1) is 0 Å². The molecule has 18 heavy (non-hydrogen) atoms. The number of likely N-dealkylation sites (tertiary alicyclic amines) is 1. The number of amides is 1. The molecule has 0 bridgehead atoms. The standard InChI is InChI=1S/C14H24N2O2/c17-11-12-4-3-8-16(10-12)9-7-15-14(18)13-5-1-2-6-13/h1-2,12-13,17H,3-11H2,(H,15,18). The SMILES string of the molecule is O=C(NCCN1CCCC(CO)C1)C1CC=CC1. The lowest BCUT2D eigenvalue weighted by Gasteiger charge is -2.31. The molecule has 1 aliphatic heterocycles. The van der Waals surface area contributed by atoms with Crippen LogP contribution in [0.4, 0.5) is 0 Å². The molecule has 4 nitrogen and oxygen atoms in total. The maximum Gasteiger partial charge on any atom is 0.223 e. The van der Waals surface area contributed by atoms with E-state index in [9.17, 15) is 4.79 Å². The maximum atomic E-state index is 11.8. The summed E-state index contributed by atoms with van der Waals surface area (Å²) in [4.78, 5) is 14.1. The van der Waals surface area contributed by atoms with Gasteiger partial charge in [-0.25, -0.2) is 0 Å². The summed E-state index contributed by atoms with van der Waals surface area (Å²) in [6.45, 7) is 3.99. The van der Waals surface area contributed by atoms with Crippen LogP contribution in [0.15, 0.2) is 12.2 Å². The van der Waals surface area contributed by atoms with Crippen LogP contribution in [-0.4, -0.2) is 48.7 Å². The summed E-state index contributed by atoms with van der Waals surface area (Å²) in [5, 5.41) is 12.2. The van der Waals surface area contributed by atoms with Gasteiger partial charge in [0.15, 0.2) is 0 Å². The Balaban J connectivity index is 1.61. The predicted molar refractivity (Wildman–Crippen MR) is 71.1 cm³/mol. The number of nitrogens with one attached hydrogen (secondary N) is 1. The van der Waals surface area contributed by atoms with Crippen LogP contribution in [0, 0.1) is 11.8 Å². The summed E-state index contributed by atoms with van der Waals surface area (Å²) in [6, 6.07) is 0. The summed E-state index contributed by atoms with van der Waals surface area (Å²) < 4.78 is 0. The molecule has 4 heteroatoms. The average Bonchev–Trinajstić information content (AvgIpc) is 2.93. The lowest BCUT2D eigenvalue weighted by Crippen LogP contribution is -2.42. The van der Waals surface area contributed by atoms with Crippen molar-refractivity contribution >= 4 is 5.91 Å². The Morgan fingerprint density at radius 1 is 1.39 bits per heavy atom. The summed E-state index contributed by atoms with van der Waals surface area (Å²) in [5.41, 5.74) is 0. The molecule has 0 radical (unpaired) electrons. The zero-order valence-corrected chi connectivity index (χ0v) is 11.0. The Morgan fingerprint density at radius 2 is 2.17 bits per heavy atom. The first-order valence-corrected chi connectivity index (χ1v) is 7.05. The Labute approximate surface area is 109 Å². The van der Waals surface area contributed by atoms with Crippen molar-refractivity contribution < 1.29 is 9.90 Å². The summed E-state index contributed by atoms with van der Waals surface area (Å²) in [5.74, 6) is 0.778. The second kappa shape index (κ2) is 6.90. The molecule has 0 saturated carbocycles. The van der Waals surface area contributed by atoms with Gasteiger partial charge in [-0.05, 0) is 38.1 Å². The molecule has 0 aromatic carbocycles. The van der Waals surface area contributed by atoms with Gasteiger partial charge < -0.3 is 15.3 Å². The Bertz CT molecular complexity index is 296. The zero-order valence-electron chi connectivity index (χ0n) is 11.0. The molecule has 2 N–H and O–H groups in total. The quantitative estimate of drug-likeness (QED) is 0.711. The van der Waals surface area contributed by atoms with Crippen LogP contribution in [0.5, 0.6) is 0 Å². The van der Waals surface area contributed by atoms with Crippen molar-refractivity contribution in [1.29, 1.82) is 0 Å². The van der Waals surface area contributed by atoms with Crippen LogP contribution in [0.3, 0.4) is 0 Å². The first-order valence-electron chi connectivity index (χ1n) is 7.05. The van der Waals surface area contributed by atoms with E-state index in [0.717, 1.165) is 51.9 Å². The van der Waals surface area contributed by atoms with Crippen molar-refractivity contribution in [1.82, 2.24) is 10.2 Å². The molecule has 102 valence electrons. The number of aliphatic hydroxyl groups is 1. The van der Waals surface area contributed by atoms with E-state index in [1.807, 2.05) is 0 Å². The third-order valence-corrected chi connectivity index (χ3v) is 3.97. The molecule has 1 aliphatic carbocycles. The molecular weight excluding hydrogens is 228 g/mol. The molecule has 0 aromatic rings. The largest absolute Gasteiger partial charge is 0.396 e. The van der Waals surface area contributed by atoms with E-state index < -0.39 is 0 Å². The number of aliphatic hydroxyl groups excluding tert-OH is 1. The molecule has 2 aliphatic rings. The van der Waals surface area contributed by atoms with E-state index in [4.69, 9.17) is 5.11 Å². The highest BCUT2D eigenvalue weighted by Gasteiger charge is 2.21. The van der Waals surface area contributed by atoms with Crippen molar-refractivity contribution in [2.75, 3.05) is 32.8 Å². The van der Waals surface area contributed by atoms with Crippen LogP contribution < -0.4 is 5.32 Å². The van der Waals surface area contributed by atoms with E-state index in [1.165, 1.54) is 0 Å². The topological polar surface area (TPSA) is 52.6 Å². The van der Waals surface area contributed by atoms with Gasteiger partial charge in [0.2, 0.25) is 5.91 Å². The van der Waals surface area contributed by atoms with Gasteiger partial charge >= 0.3 is 0 Å². The monoisotopic (exact) mass is 252 g/mol. The molecule has 1 saturated heterocycles. The van der Waals surface area contributed by atoms with E-state index in [0.29, 0.717) is 5.92 Å². The van der Waals surface area contributed by atoms with Gasteiger partial charge in [0, 0.05) is 32.2 Å². The number of carbonyl (C=O) groups is 1. The third kappa shape index (κ3) is 3.82. The van der Waals surface area contributed by atoms with Gasteiger partial charge in [-0.2, -0.15) is 0 Å². The smallest absolute Gasteiger partial charge is 0.223 e. The van der Waals surface area contributed by atoms with Crippen molar-refractivity contribution in [2.45, 2.75) is 25.7 Å². The van der Waals surface area contributed by atoms with E-state index in [1.54, 1.807) is 0 Å². The van der Waals surface area contributed by atoms with E-state index >= 15 is 0 Å². The fourth-order valence-electron chi connectivity index (χ4n) is 2.82. The molecule has 1 amide bonds. The predicted octanol–water partition coefficient (Wildman–Crippen LogP) is 0.773. The minimum Gasteiger partial charge on any atom is -0.396 e. The fraction of sp³-hybridized carbons (Fsp3) is 0.786. The molecule has 0 aromatic heterocycles. The van der Waals surface area contributed by atoms with Gasteiger partial charge in [0.25, 0.3) is 0 Å². The van der Waals surface area contributed by atoms with Crippen molar-refractivity contribution in [3.8, 4) is 0 Å². The average molecular weight is 252 g/mol. The normalized spacial score (nSPS) is 25.5. The summed E-state index contributed by atoms with van der Waals surface area (Å²) in [6.07, 6.45) is 8.24. The first kappa shape index (κ1) is 13.6. The minimum absolute atomic E-state index is 0.163. The molecular formula is C14H24N2O2. The second-order valence-corrected chi connectivity index (χ2v) is 5.42. The van der Waals surface area contributed by atoms with Crippen LogP contribution in [0.25, 0.3) is 0 Å². The first-order chi connectivity index (χ1) is 8.79. The fourth-order valence-corrected chi connectivity index (χ4v) is 2.82. The van der Waals surface area contributed by atoms with Crippen LogP contribution in [-0.2, 0) is 4.79 Å². The minimum atomic E-state index is 0.163. The number of allylic oxidation sites excluding steroid dienone is 2. The van der Waals surface area contributed by atoms with Crippen LogP contribution in [0.2, 0.25) is 0 Å². The lowest BCUT2D eigenvalue weighted by atomic mass is 9.99. The number of rotatable bonds is 5. The molecule has 1 atom stereocenters. The highest BCUT2D eigenvalue weighted by molar-refractivity contribution is 5.79. The number of carbonyl (C=O) groups excluding carboxylic acids is 1. The van der Waals surface area contributed by atoms with Crippen molar-refractivity contribution in [2.24, 2.45) is 11.8 Å². The van der Waals surface area contributed by atoms with E-state index in [-0.39, 0.29) is 18.4 Å². The number of piperidine rings is 1. The molecule has 0 spiro atoms.